The summed E-state index contributed by atoms with van der Waals surface area (Å²) in [6.07, 6.45) is 14.3. The molecule has 0 aromatic carbocycles. The van der Waals surface area contributed by atoms with Gasteiger partial charge in [0.1, 0.15) is 0 Å². The maximum absolute atomic E-state index is 10.8. The first kappa shape index (κ1) is 25.6. The van der Waals surface area contributed by atoms with Crippen molar-refractivity contribution >= 4 is 12.8 Å². The molecule has 2 amide bonds. The number of hydrogen-bond acceptors (Lipinski definition) is 2. The van der Waals surface area contributed by atoms with E-state index in [0.717, 1.165) is 50.3 Å². The maximum atomic E-state index is 10.8. The molecule has 32 heavy (non-hydrogen) atoms. The Morgan fingerprint density at radius 1 is 0.531 bits per heavy atom. The van der Waals surface area contributed by atoms with Gasteiger partial charge in [-0.2, -0.15) is 0 Å². The van der Waals surface area contributed by atoms with Crippen LogP contribution in [-0.2, 0) is 9.59 Å². The molecule has 0 aromatic rings. The van der Waals surface area contributed by atoms with E-state index in [1.165, 1.54) is 38.5 Å². The number of amides is 2. The second-order valence-electron chi connectivity index (χ2n) is 15.0. The van der Waals surface area contributed by atoms with Gasteiger partial charge in [-0.05, 0) is 112 Å². The van der Waals surface area contributed by atoms with Crippen LogP contribution in [0.3, 0.4) is 0 Å². The Morgan fingerprint density at radius 3 is 1.00 bits per heavy atom. The van der Waals surface area contributed by atoms with Gasteiger partial charge in [-0.1, -0.05) is 41.5 Å². The van der Waals surface area contributed by atoms with E-state index in [4.69, 9.17) is 0 Å². The lowest BCUT2D eigenvalue weighted by atomic mass is 9.50. The van der Waals surface area contributed by atoms with Crippen LogP contribution in [0.5, 0.6) is 0 Å². The molecule has 2 N–H and O–H groups in total. The summed E-state index contributed by atoms with van der Waals surface area (Å²) in [7, 11) is 0. The third-order valence-electron chi connectivity index (χ3n) is 9.15. The predicted molar refractivity (Wildman–Crippen MR) is 132 cm³/mol. The van der Waals surface area contributed by atoms with E-state index in [2.05, 4.69) is 66.0 Å². The lowest BCUT2D eigenvalue weighted by Gasteiger charge is -2.58. The van der Waals surface area contributed by atoms with Crippen molar-refractivity contribution in [2.75, 3.05) is 0 Å². The highest BCUT2D eigenvalue weighted by Crippen LogP contribution is 2.60. The Balaban J connectivity index is 0.000000181. The smallest absolute Gasteiger partial charge is 0.207 e. The van der Waals surface area contributed by atoms with Gasteiger partial charge in [-0.15, -0.1) is 0 Å². The number of rotatable bonds is 4. The van der Waals surface area contributed by atoms with Crippen molar-refractivity contribution in [2.45, 2.75) is 131 Å². The molecule has 0 saturated heterocycles. The van der Waals surface area contributed by atoms with Crippen LogP contribution in [0.2, 0.25) is 0 Å². The van der Waals surface area contributed by atoms with Gasteiger partial charge in [-0.25, -0.2) is 0 Å². The number of carbonyl (C=O) groups excluding carboxylic acids is 2. The van der Waals surface area contributed by atoms with Gasteiger partial charge in [0.2, 0.25) is 12.8 Å². The SMILES string of the molecule is CC1C[C@@]2(C)CC(C)(NC=O)C[C@@](C)(C1)C2.CC1C[C@@]2(C)CC(C)(NC=O)C[C@@](C)(C1)C2. The van der Waals surface area contributed by atoms with Gasteiger partial charge < -0.3 is 10.6 Å². The van der Waals surface area contributed by atoms with E-state index in [1.54, 1.807) is 0 Å². The van der Waals surface area contributed by atoms with E-state index < -0.39 is 0 Å². The van der Waals surface area contributed by atoms with Gasteiger partial charge >= 0.3 is 0 Å². The molecule has 4 fully saturated rings. The average molecular weight is 447 g/mol. The second kappa shape index (κ2) is 8.31. The van der Waals surface area contributed by atoms with Crippen LogP contribution < -0.4 is 10.6 Å². The van der Waals surface area contributed by atoms with Gasteiger partial charge in [-0.3, -0.25) is 9.59 Å². The first-order valence-corrected chi connectivity index (χ1v) is 13.0. The second-order valence-corrected chi connectivity index (χ2v) is 15.0. The minimum atomic E-state index is 0.0175. The van der Waals surface area contributed by atoms with E-state index >= 15 is 0 Å². The molecule has 4 heteroatoms. The monoisotopic (exact) mass is 446 g/mol. The molecule has 8 atom stereocenters. The Labute approximate surface area is 197 Å². The topological polar surface area (TPSA) is 58.2 Å². The van der Waals surface area contributed by atoms with Crippen molar-refractivity contribution in [1.29, 1.82) is 0 Å². The standard InChI is InChI=1S/2C14H25NO/c2*1-11-5-12(2)7-13(3,6-11)9-14(4,8-12)15-10-16/h2*10-11H,5-9H2,1-4H3,(H,15,16)/t2*11?,12-,13+,14?. The first-order chi connectivity index (χ1) is 14.6. The fraction of sp³-hybridized carbons (Fsp3) is 0.929. The van der Waals surface area contributed by atoms with Crippen LogP contribution in [0.15, 0.2) is 0 Å². The van der Waals surface area contributed by atoms with E-state index in [0.29, 0.717) is 21.7 Å². The molecule has 4 nitrogen and oxygen atoms in total. The van der Waals surface area contributed by atoms with E-state index in [1.807, 2.05) is 0 Å². The Morgan fingerprint density at radius 2 is 0.781 bits per heavy atom. The molecule has 4 aliphatic rings. The maximum Gasteiger partial charge on any atom is 0.207 e. The number of fused-ring (bicyclic) bond motifs is 4. The first-order valence-electron chi connectivity index (χ1n) is 13.0. The number of hydrogen-bond donors (Lipinski definition) is 2. The summed E-state index contributed by atoms with van der Waals surface area (Å²) in [4.78, 5) is 21.5. The molecule has 4 unspecified atom stereocenters. The minimum absolute atomic E-state index is 0.0175. The highest BCUT2D eigenvalue weighted by Gasteiger charge is 2.53. The number of nitrogens with one attached hydrogen (secondary N) is 2. The summed E-state index contributed by atoms with van der Waals surface area (Å²) in [6.45, 7) is 18.8. The number of carbonyl (C=O) groups is 2. The molecule has 4 bridgehead atoms. The van der Waals surface area contributed by atoms with Crippen molar-refractivity contribution in [3.8, 4) is 0 Å². The Bertz CT molecular complexity index is 622. The van der Waals surface area contributed by atoms with Crippen molar-refractivity contribution in [3.63, 3.8) is 0 Å². The Hall–Kier alpha value is -1.06. The summed E-state index contributed by atoms with van der Waals surface area (Å²) in [5.41, 5.74) is 1.74. The normalized spacial score (nSPS) is 52.1. The molecule has 0 aliphatic heterocycles. The summed E-state index contributed by atoms with van der Waals surface area (Å²) in [6, 6.07) is 0. The van der Waals surface area contributed by atoms with Crippen LogP contribution in [0.1, 0.15) is 120 Å². The molecule has 0 radical (unpaired) electrons. The quantitative estimate of drug-likeness (QED) is 0.503. The molecular weight excluding hydrogens is 396 g/mol. The van der Waals surface area contributed by atoms with E-state index in [-0.39, 0.29) is 11.1 Å². The zero-order valence-corrected chi connectivity index (χ0v) is 22.2. The highest BCUT2D eigenvalue weighted by atomic mass is 16.1. The zero-order valence-electron chi connectivity index (χ0n) is 22.2. The fourth-order valence-electron chi connectivity index (χ4n) is 10.8. The van der Waals surface area contributed by atoms with Gasteiger partial charge in [0.25, 0.3) is 0 Å². The Kier molecular flexibility index (Phi) is 6.64. The zero-order chi connectivity index (χ0) is 24.1. The van der Waals surface area contributed by atoms with Crippen LogP contribution in [0.25, 0.3) is 0 Å². The fourth-order valence-corrected chi connectivity index (χ4v) is 10.8. The summed E-state index contributed by atoms with van der Waals surface area (Å²) < 4.78 is 0. The van der Waals surface area contributed by atoms with Crippen molar-refractivity contribution < 1.29 is 9.59 Å². The molecule has 4 saturated carbocycles. The van der Waals surface area contributed by atoms with Gasteiger partial charge in [0.05, 0.1) is 0 Å². The van der Waals surface area contributed by atoms with Crippen molar-refractivity contribution in [3.05, 3.63) is 0 Å². The summed E-state index contributed by atoms with van der Waals surface area (Å²) in [5, 5.41) is 6.15. The van der Waals surface area contributed by atoms with Gasteiger partial charge in [0, 0.05) is 11.1 Å². The lowest BCUT2D eigenvalue weighted by Crippen LogP contribution is -2.56. The third kappa shape index (κ3) is 5.70. The summed E-state index contributed by atoms with van der Waals surface area (Å²) in [5.74, 6) is 1.68. The molecule has 184 valence electrons. The molecule has 0 spiro atoms. The average Bonchev–Trinajstić information content (AvgIpc) is 2.47. The molecule has 0 heterocycles. The van der Waals surface area contributed by atoms with Crippen molar-refractivity contribution in [1.82, 2.24) is 10.6 Å². The third-order valence-corrected chi connectivity index (χ3v) is 9.15. The van der Waals surface area contributed by atoms with E-state index in [9.17, 15) is 9.59 Å². The summed E-state index contributed by atoms with van der Waals surface area (Å²) >= 11 is 0. The van der Waals surface area contributed by atoms with Crippen LogP contribution in [-0.4, -0.2) is 23.9 Å². The molecule has 0 aromatic heterocycles. The molecular formula is C28H50N2O2. The molecule has 4 rings (SSSR count). The highest BCUT2D eigenvalue weighted by molar-refractivity contribution is 5.48. The van der Waals surface area contributed by atoms with Crippen molar-refractivity contribution in [2.24, 2.45) is 33.5 Å². The molecule has 4 aliphatic carbocycles. The largest absolute Gasteiger partial charge is 0.353 e. The van der Waals surface area contributed by atoms with Crippen LogP contribution in [0.4, 0.5) is 0 Å². The van der Waals surface area contributed by atoms with Gasteiger partial charge in [0.15, 0.2) is 0 Å². The lowest BCUT2D eigenvalue weighted by molar-refractivity contribution is -0.115. The van der Waals surface area contributed by atoms with Crippen LogP contribution >= 0.6 is 0 Å². The minimum Gasteiger partial charge on any atom is -0.353 e. The predicted octanol–water partition coefficient (Wildman–Crippen LogP) is 6.24. The van der Waals surface area contributed by atoms with Crippen LogP contribution in [0, 0.1) is 33.5 Å².